The maximum Gasteiger partial charge on any atom is 0.248 e. The fourth-order valence-corrected chi connectivity index (χ4v) is 5.26. The molecule has 0 bridgehead atoms. The molecule has 7 nitrogen and oxygen atoms in total. The maximum atomic E-state index is 14.0. The van der Waals surface area contributed by atoms with Crippen molar-refractivity contribution in [2.75, 3.05) is 13.7 Å². The highest BCUT2D eigenvalue weighted by Crippen LogP contribution is 2.32. The number of amides is 3. The van der Waals surface area contributed by atoms with Gasteiger partial charge in [0.25, 0.3) is 0 Å². The van der Waals surface area contributed by atoms with Crippen LogP contribution in [0, 0.1) is 11.6 Å². The van der Waals surface area contributed by atoms with Gasteiger partial charge in [-0.25, -0.2) is 8.78 Å². The first kappa shape index (κ1) is 29.6. The molecule has 0 aliphatic carbocycles. The molecule has 4 aromatic rings. The number of ether oxygens (including phenoxy) is 1. The van der Waals surface area contributed by atoms with E-state index in [-0.39, 0.29) is 24.5 Å². The number of halogens is 2. The molecule has 0 unspecified atom stereocenters. The standard InChI is InChI=1S/C34H31F2N3O4/c1-39-28(23-11-5-2-6-12-23)21-43-32(25-15-9-4-10-16-25)31(34(39)42)38-33(41)30(24-13-7-3-8-14-24)37-29(40)19-22-17-26(35)20-27(36)18-22/h2-18,20,28,30-32H,19,21H2,1H3,(H,37,40)(H,38,41)/t28-,30-,31-,32+/m0/s1. The van der Waals surface area contributed by atoms with Crippen LogP contribution in [0.4, 0.5) is 8.78 Å². The van der Waals surface area contributed by atoms with Crippen LogP contribution in [0.1, 0.15) is 40.4 Å². The third-order valence-electron chi connectivity index (χ3n) is 7.42. The van der Waals surface area contributed by atoms with Crippen molar-refractivity contribution in [3.8, 4) is 0 Å². The van der Waals surface area contributed by atoms with Crippen LogP contribution in [0.2, 0.25) is 0 Å². The van der Waals surface area contributed by atoms with E-state index in [0.717, 1.165) is 23.8 Å². The predicted molar refractivity (Wildman–Crippen MR) is 156 cm³/mol. The quantitative estimate of drug-likeness (QED) is 0.312. The number of nitrogens with zero attached hydrogens (tertiary/aromatic N) is 1. The van der Waals surface area contributed by atoms with Gasteiger partial charge in [0.1, 0.15) is 29.8 Å². The van der Waals surface area contributed by atoms with Gasteiger partial charge in [-0.05, 0) is 34.4 Å². The molecule has 1 aliphatic rings. The van der Waals surface area contributed by atoms with Crippen molar-refractivity contribution < 1.29 is 27.9 Å². The molecule has 1 aliphatic heterocycles. The first-order chi connectivity index (χ1) is 20.8. The molecule has 0 radical (unpaired) electrons. The maximum absolute atomic E-state index is 14.0. The highest BCUT2D eigenvalue weighted by molar-refractivity contribution is 5.93. The summed E-state index contributed by atoms with van der Waals surface area (Å²) in [5.41, 5.74) is 2.18. The number of carbonyl (C=O) groups excluding carboxylic acids is 3. The smallest absolute Gasteiger partial charge is 0.248 e. The molecule has 5 rings (SSSR count). The van der Waals surface area contributed by atoms with Crippen LogP contribution in [-0.2, 0) is 25.5 Å². The van der Waals surface area contributed by atoms with Crippen LogP contribution in [0.15, 0.2) is 109 Å². The number of rotatable bonds is 8. The molecule has 2 N–H and O–H groups in total. The minimum absolute atomic E-state index is 0.118. The summed E-state index contributed by atoms with van der Waals surface area (Å²) in [6, 6.07) is 27.3. The first-order valence-electron chi connectivity index (χ1n) is 13.9. The summed E-state index contributed by atoms with van der Waals surface area (Å²) in [4.78, 5) is 42.5. The zero-order valence-electron chi connectivity index (χ0n) is 23.5. The lowest BCUT2D eigenvalue weighted by atomic mass is 9.99. The van der Waals surface area contributed by atoms with Crippen LogP contribution in [0.3, 0.4) is 0 Å². The summed E-state index contributed by atoms with van der Waals surface area (Å²) >= 11 is 0. The van der Waals surface area contributed by atoms with Gasteiger partial charge in [-0.2, -0.15) is 0 Å². The molecule has 9 heteroatoms. The average molecular weight is 584 g/mol. The molecule has 4 atom stereocenters. The zero-order chi connectivity index (χ0) is 30.3. The normalized spacial score (nSPS) is 19.3. The highest BCUT2D eigenvalue weighted by Gasteiger charge is 2.41. The van der Waals surface area contributed by atoms with Crippen LogP contribution in [0.5, 0.6) is 0 Å². The molecule has 1 saturated heterocycles. The summed E-state index contributed by atoms with van der Waals surface area (Å²) in [6.07, 6.45) is -1.17. The Morgan fingerprint density at radius 3 is 2.02 bits per heavy atom. The molecule has 1 heterocycles. The van der Waals surface area contributed by atoms with Gasteiger partial charge in [-0.3, -0.25) is 14.4 Å². The summed E-state index contributed by atoms with van der Waals surface area (Å²) in [5.74, 6) is -3.24. The Bertz CT molecular complexity index is 1550. The minimum atomic E-state index is -1.20. The van der Waals surface area contributed by atoms with Gasteiger partial charge in [-0.1, -0.05) is 91.0 Å². The van der Waals surface area contributed by atoms with E-state index < -0.39 is 47.7 Å². The lowest BCUT2D eigenvalue weighted by molar-refractivity contribution is -0.138. The summed E-state index contributed by atoms with van der Waals surface area (Å²) in [5, 5.41) is 5.54. The van der Waals surface area contributed by atoms with Crippen molar-refractivity contribution in [3.05, 3.63) is 143 Å². The number of nitrogens with one attached hydrogen (secondary N) is 2. The van der Waals surface area contributed by atoms with Gasteiger partial charge < -0.3 is 20.3 Å². The molecule has 0 aromatic heterocycles. The van der Waals surface area contributed by atoms with Crippen molar-refractivity contribution in [1.29, 1.82) is 0 Å². The molecular formula is C34H31F2N3O4. The molecule has 1 fully saturated rings. The van der Waals surface area contributed by atoms with E-state index >= 15 is 0 Å². The van der Waals surface area contributed by atoms with Gasteiger partial charge in [0.2, 0.25) is 17.7 Å². The second-order valence-electron chi connectivity index (χ2n) is 10.4. The van der Waals surface area contributed by atoms with E-state index in [2.05, 4.69) is 10.6 Å². The van der Waals surface area contributed by atoms with Gasteiger partial charge in [0, 0.05) is 13.1 Å². The first-order valence-corrected chi connectivity index (χ1v) is 13.9. The predicted octanol–water partition coefficient (Wildman–Crippen LogP) is 4.82. The third-order valence-corrected chi connectivity index (χ3v) is 7.42. The topological polar surface area (TPSA) is 87.7 Å². The van der Waals surface area contributed by atoms with Crippen LogP contribution in [-0.4, -0.2) is 42.3 Å². The van der Waals surface area contributed by atoms with Gasteiger partial charge in [0.05, 0.1) is 19.1 Å². The molecule has 0 spiro atoms. The van der Waals surface area contributed by atoms with Crippen molar-refractivity contribution in [3.63, 3.8) is 0 Å². The zero-order valence-corrected chi connectivity index (χ0v) is 23.5. The van der Waals surface area contributed by atoms with Crippen molar-refractivity contribution in [2.45, 2.75) is 30.7 Å². The Balaban J connectivity index is 1.43. The SMILES string of the molecule is CN1C(=O)[C@@H](NC(=O)[C@@H](NC(=O)Cc2cc(F)cc(F)c2)c2ccccc2)[C@@H](c2ccccc2)OC[C@H]1c1ccccc1. The summed E-state index contributed by atoms with van der Waals surface area (Å²) < 4.78 is 33.8. The fraction of sp³-hybridized carbons (Fsp3) is 0.206. The van der Waals surface area contributed by atoms with Crippen molar-refractivity contribution in [1.82, 2.24) is 15.5 Å². The molecule has 4 aromatic carbocycles. The van der Waals surface area contributed by atoms with Crippen LogP contribution < -0.4 is 10.6 Å². The number of hydrogen-bond donors (Lipinski definition) is 2. The van der Waals surface area contributed by atoms with Crippen LogP contribution >= 0.6 is 0 Å². The second-order valence-corrected chi connectivity index (χ2v) is 10.4. The Hall–Kier alpha value is -4.89. The van der Waals surface area contributed by atoms with Gasteiger partial charge in [0.15, 0.2) is 0 Å². The minimum Gasteiger partial charge on any atom is -0.368 e. The van der Waals surface area contributed by atoms with E-state index in [1.165, 1.54) is 0 Å². The van der Waals surface area contributed by atoms with E-state index in [9.17, 15) is 23.2 Å². The monoisotopic (exact) mass is 583 g/mol. The Morgan fingerprint density at radius 1 is 0.860 bits per heavy atom. The Labute approximate surface area is 248 Å². The van der Waals surface area contributed by atoms with Crippen molar-refractivity contribution in [2.24, 2.45) is 0 Å². The fourth-order valence-electron chi connectivity index (χ4n) is 5.26. The number of benzene rings is 4. The second kappa shape index (κ2) is 13.4. The molecule has 43 heavy (non-hydrogen) atoms. The van der Waals surface area contributed by atoms with E-state index in [1.807, 2.05) is 60.7 Å². The lowest BCUT2D eigenvalue weighted by Crippen LogP contribution is -2.52. The largest absolute Gasteiger partial charge is 0.368 e. The van der Waals surface area contributed by atoms with Crippen LogP contribution in [0.25, 0.3) is 0 Å². The number of hydrogen-bond acceptors (Lipinski definition) is 4. The molecular weight excluding hydrogens is 552 g/mol. The third kappa shape index (κ3) is 7.13. The molecule has 0 saturated carbocycles. The van der Waals surface area contributed by atoms with E-state index in [0.29, 0.717) is 11.1 Å². The highest BCUT2D eigenvalue weighted by atomic mass is 19.1. The molecule has 3 amide bonds. The Morgan fingerprint density at radius 2 is 1.42 bits per heavy atom. The van der Waals surface area contributed by atoms with E-state index in [4.69, 9.17) is 4.74 Å². The van der Waals surface area contributed by atoms with E-state index in [1.54, 1.807) is 42.3 Å². The van der Waals surface area contributed by atoms with Gasteiger partial charge >= 0.3 is 0 Å². The van der Waals surface area contributed by atoms with Crippen molar-refractivity contribution >= 4 is 17.7 Å². The summed E-state index contributed by atoms with van der Waals surface area (Å²) in [6.45, 7) is 0.196. The number of likely N-dealkylation sites (N-methyl/N-ethyl adjacent to an activating group) is 1. The lowest BCUT2D eigenvalue weighted by Gasteiger charge is -2.30. The summed E-state index contributed by atoms with van der Waals surface area (Å²) in [7, 11) is 1.67. The average Bonchev–Trinajstić information content (AvgIpc) is 3.12. The molecule has 220 valence electrons. The van der Waals surface area contributed by atoms with Gasteiger partial charge in [-0.15, -0.1) is 0 Å². The Kier molecular flexibility index (Phi) is 9.22. The number of carbonyl (C=O) groups is 3.